The minimum atomic E-state index is -2.71. The Morgan fingerprint density at radius 1 is 1.38 bits per heavy atom. The predicted molar refractivity (Wildman–Crippen MR) is 87.6 cm³/mol. The Morgan fingerprint density at radius 3 is 2.81 bits per heavy atom. The van der Waals surface area contributed by atoms with Crippen LogP contribution in [-0.2, 0) is 19.1 Å². The third-order valence-electron chi connectivity index (χ3n) is 5.98. The molecule has 26 heavy (non-hydrogen) atoms. The minimum absolute atomic E-state index is 0.0285. The Bertz CT molecular complexity index is 631. The smallest absolute Gasteiger partial charge is 0.251 e. The molecule has 4 atom stereocenters. The molecular formula is C18H24F2N2O4. The van der Waals surface area contributed by atoms with Crippen molar-refractivity contribution in [2.75, 3.05) is 39.4 Å². The van der Waals surface area contributed by atoms with Gasteiger partial charge in [0.2, 0.25) is 11.8 Å². The van der Waals surface area contributed by atoms with Crippen molar-refractivity contribution in [2.24, 2.45) is 11.8 Å². The quantitative estimate of drug-likeness (QED) is 0.537. The number of hydrogen-bond donors (Lipinski definition) is 0. The van der Waals surface area contributed by atoms with Crippen molar-refractivity contribution in [3.63, 3.8) is 0 Å². The largest absolute Gasteiger partial charge is 0.380 e. The van der Waals surface area contributed by atoms with E-state index < -0.39 is 29.5 Å². The number of carbonyl (C=O) groups is 2. The molecule has 144 valence electrons. The Labute approximate surface area is 151 Å². The highest BCUT2D eigenvalue weighted by Gasteiger charge is 2.67. The van der Waals surface area contributed by atoms with Gasteiger partial charge in [0.05, 0.1) is 31.1 Å². The fourth-order valence-corrected chi connectivity index (χ4v) is 4.63. The molecule has 4 rings (SSSR count). The first-order chi connectivity index (χ1) is 12.4. The van der Waals surface area contributed by atoms with Gasteiger partial charge in [-0.15, -0.1) is 0 Å². The van der Waals surface area contributed by atoms with Gasteiger partial charge in [0.25, 0.3) is 5.92 Å². The predicted octanol–water partition coefficient (Wildman–Crippen LogP) is 1.06. The topological polar surface area (TPSA) is 59.1 Å². The number of amides is 2. The average Bonchev–Trinajstić information content (AvgIpc) is 3.23. The molecule has 2 amide bonds. The molecule has 0 radical (unpaired) electrons. The van der Waals surface area contributed by atoms with Gasteiger partial charge in [-0.05, 0) is 6.92 Å². The average molecular weight is 370 g/mol. The van der Waals surface area contributed by atoms with E-state index in [1.807, 2.05) is 19.1 Å². The number of alkyl halides is 2. The second-order valence-corrected chi connectivity index (χ2v) is 7.54. The van der Waals surface area contributed by atoms with E-state index in [2.05, 4.69) is 0 Å². The molecule has 0 N–H and O–H groups in total. The van der Waals surface area contributed by atoms with Gasteiger partial charge in [-0.3, -0.25) is 9.59 Å². The molecule has 8 heteroatoms. The molecule has 0 aromatic rings. The van der Waals surface area contributed by atoms with E-state index in [4.69, 9.17) is 9.47 Å². The maximum Gasteiger partial charge on any atom is 0.251 e. The highest BCUT2D eigenvalue weighted by atomic mass is 19.3. The number of carbonyl (C=O) groups excluding carboxylic acids is 2. The van der Waals surface area contributed by atoms with Gasteiger partial charge in [-0.2, -0.15) is 0 Å². The lowest BCUT2D eigenvalue weighted by atomic mass is 9.76. The Morgan fingerprint density at radius 2 is 2.12 bits per heavy atom. The molecule has 3 saturated heterocycles. The lowest BCUT2D eigenvalue weighted by molar-refractivity contribution is -0.147. The summed E-state index contributed by atoms with van der Waals surface area (Å²) in [4.78, 5) is 29.1. The number of rotatable bonds is 5. The van der Waals surface area contributed by atoms with Crippen LogP contribution in [0, 0.1) is 11.8 Å². The third-order valence-corrected chi connectivity index (χ3v) is 5.98. The Hall–Kier alpha value is -1.54. The number of hydrogen-bond acceptors (Lipinski definition) is 4. The standard InChI is InChI=1S/C18H24F2N2O4/c1-2-25-10-9-22-11-17-4-3-12(26-17)13(14(17)16(22)24)15(23)21-7-5-18(19,20)6-8-21/h3-4,12-14H,2,5-11H2,1H3/t12-,13-,14-,17-/m0/s1. The Kier molecular flexibility index (Phi) is 4.30. The maximum atomic E-state index is 13.4. The molecule has 4 heterocycles. The van der Waals surface area contributed by atoms with Crippen LogP contribution in [0.1, 0.15) is 19.8 Å². The molecule has 4 aliphatic rings. The summed E-state index contributed by atoms with van der Waals surface area (Å²) in [5, 5.41) is 0. The van der Waals surface area contributed by atoms with Gasteiger partial charge in [-0.25, -0.2) is 8.78 Å². The molecule has 0 saturated carbocycles. The normalized spacial score (nSPS) is 37.5. The fourth-order valence-electron chi connectivity index (χ4n) is 4.63. The lowest BCUT2D eigenvalue weighted by Gasteiger charge is -2.35. The van der Waals surface area contributed by atoms with E-state index in [1.54, 1.807) is 4.90 Å². The molecule has 6 nitrogen and oxygen atoms in total. The van der Waals surface area contributed by atoms with Gasteiger partial charge < -0.3 is 19.3 Å². The third kappa shape index (κ3) is 2.74. The van der Waals surface area contributed by atoms with Crippen molar-refractivity contribution in [2.45, 2.75) is 37.4 Å². The van der Waals surface area contributed by atoms with E-state index in [0.29, 0.717) is 26.3 Å². The van der Waals surface area contributed by atoms with Gasteiger partial charge in [0.15, 0.2) is 0 Å². The van der Waals surface area contributed by atoms with Crippen molar-refractivity contribution >= 4 is 11.8 Å². The first-order valence-electron chi connectivity index (χ1n) is 9.27. The molecule has 1 spiro atoms. The van der Waals surface area contributed by atoms with Crippen LogP contribution >= 0.6 is 0 Å². The molecule has 0 unspecified atom stereocenters. The number of likely N-dealkylation sites (tertiary alicyclic amines) is 2. The van der Waals surface area contributed by atoms with Gasteiger partial charge in [0, 0.05) is 39.1 Å². The fraction of sp³-hybridized carbons (Fsp3) is 0.778. The van der Waals surface area contributed by atoms with Gasteiger partial charge in [-0.1, -0.05) is 12.2 Å². The van der Waals surface area contributed by atoms with Crippen molar-refractivity contribution in [1.29, 1.82) is 0 Å². The van der Waals surface area contributed by atoms with Gasteiger partial charge in [0.1, 0.15) is 5.60 Å². The zero-order valence-corrected chi connectivity index (χ0v) is 14.8. The van der Waals surface area contributed by atoms with Gasteiger partial charge >= 0.3 is 0 Å². The van der Waals surface area contributed by atoms with E-state index in [9.17, 15) is 18.4 Å². The van der Waals surface area contributed by atoms with Crippen LogP contribution in [-0.4, -0.2) is 78.6 Å². The summed E-state index contributed by atoms with van der Waals surface area (Å²) in [6.45, 7) is 3.85. The van der Waals surface area contributed by atoms with E-state index in [1.165, 1.54) is 4.90 Å². The second-order valence-electron chi connectivity index (χ2n) is 7.54. The Balaban J connectivity index is 1.49. The van der Waals surface area contributed by atoms with Crippen LogP contribution in [0.5, 0.6) is 0 Å². The second kappa shape index (κ2) is 6.27. The minimum Gasteiger partial charge on any atom is -0.380 e. The summed E-state index contributed by atoms with van der Waals surface area (Å²) in [7, 11) is 0. The first kappa shape index (κ1) is 17.9. The molecule has 2 bridgehead atoms. The van der Waals surface area contributed by atoms with Crippen LogP contribution < -0.4 is 0 Å². The summed E-state index contributed by atoms with van der Waals surface area (Å²) in [6.07, 6.45) is 2.66. The molecular weight excluding hydrogens is 346 g/mol. The summed E-state index contributed by atoms with van der Waals surface area (Å²) < 4.78 is 38.2. The number of piperidine rings is 1. The number of halogens is 2. The molecule has 0 aromatic heterocycles. The van der Waals surface area contributed by atoms with Crippen molar-refractivity contribution < 1.29 is 27.8 Å². The lowest BCUT2D eigenvalue weighted by Crippen LogP contribution is -2.50. The van der Waals surface area contributed by atoms with Crippen LogP contribution in [0.3, 0.4) is 0 Å². The van der Waals surface area contributed by atoms with Crippen molar-refractivity contribution in [3.05, 3.63) is 12.2 Å². The number of ether oxygens (including phenoxy) is 2. The van der Waals surface area contributed by atoms with Crippen LogP contribution in [0.4, 0.5) is 8.78 Å². The molecule has 3 fully saturated rings. The van der Waals surface area contributed by atoms with E-state index in [-0.39, 0.29) is 37.7 Å². The molecule has 0 aromatic carbocycles. The summed E-state index contributed by atoms with van der Waals surface area (Å²) >= 11 is 0. The van der Waals surface area contributed by atoms with Crippen LogP contribution in [0.2, 0.25) is 0 Å². The number of fused-ring (bicyclic) bond motifs is 1. The van der Waals surface area contributed by atoms with Crippen LogP contribution in [0.15, 0.2) is 12.2 Å². The highest BCUT2D eigenvalue weighted by molar-refractivity contribution is 5.93. The summed E-state index contributed by atoms with van der Waals surface area (Å²) in [5.41, 5.74) is -0.756. The monoisotopic (exact) mass is 370 g/mol. The molecule has 0 aliphatic carbocycles. The van der Waals surface area contributed by atoms with Crippen molar-refractivity contribution in [1.82, 2.24) is 9.80 Å². The SMILES string of the molecule is CCOCCN1C[C@]23C=C[C@H](O2)[C@H](C(=O)N2CCC(F)(F)CC2)[C@H]3C1=O. The molecule has 4 aliphatic heterocycles. The first-order valence-corrected chi connectivity index (χ1v) is 9.27. The zero-order chi connectivity index (χ0) is 18.5. The summed E-state index contributed by atoms with van der Waals surface area (Å²) in [6, 6.07) is 0. The van der Waals surface area contributed by atoms with E-state index >= 15 is 0 Å². The van der Waals surface area contributed by atoms with Crippen molar-refractivity contribution in [3.8, 4) is 0 Å². The maximum absolute atomic E-state index is 13.4. The number of nitrogens with zero attached hydrogens (tertiary/aromatic N) is 2. The highest BCUT2D eigenvalue weighted by Crippen LogP contribution is 2.52. The summed E-state index contributed by atoms with van der Waals surface area (Å²) in [5.74, 6) is -4.22. The van der Waals surface area contributed by atoms with Crippen LogP contribution in [0.25, 0.3) is 0 Å². The van der Waals surface area contributed by atoms with E-state index in [0.717, 1.165) is 0 Å². The zero-order valence-electron chi connectivity index (χ0n) is 14.8.